The third kappa shape index (κ3) is 6.02. The Labute approximate surface area is 170 Å². The van der Waals surface area contributed by atoms with Gasteiger partial charge in [-0.1, -0.05) is 27.2 Å². The molecule has 0 aliphatic rings. The second-order valence-corrected chi connectivity index (χ2v) is 8.65. The molecule has 1 unspecified atom stereocenters. The van der Waals surface area contributed by atoms with Crippen molar-refractivity contribution in [3.63, 3.8) is 0 Å². The molecule has 2 aromatic carbocycles. The third-order valence-corrected chi connectivity index (χ3v) is 4.94. The first-order chi connectivity index (χ1) is 13.4. The number of carbonyl (C=O) groups is 2. The maximum Gasteiger partial charge on any atom is 0.197 e. The molecule has 4 N–H and O–H groups in total. The number of hydrogen-bond donors (Lipinski definition) is 2. The molecule has 0 aliphatic carbocycles. The number of halogens is 2. The lowest BCUT2D eigenvalue weighted by Gasteiger charge is -2.32. The van der Waals surface area contributed by atoms with Crippen LogP contribution in [0, 0.1) is 23.0 Å². The Morgan fingerprint density at radius 1 is 0.862 bits per heavy atom. The predicted octanol–water partition coefficient (Wildman–Crippen LogP) is 4.48. The van der Waals surface area contributed by atoms with Crippen LogP contribution in [0.25, 0.3) is 0 Å². The van der Waals surface area contributed by atoms with Gasteiger partial charge in [-0.2, -0.15) is 0 Å². The zero-order valence-corrected chi connectivity index (χ0v) is 17.0. The molecule has 0 saturated carbocycles. The lowest BCUT2D eigenvalue weighted by Crippen LogP contribution is -2.63. The highest BCUT2D eigenvalue weighted by Gasteiger charge is 2.43. The van der Waals surface area contributed by atoms with Gasteiger partial charge < -0.3 is 11.5 Å². The van der Waals surface area contributed by atoms with Crippen LogP contribution in [0.2, 0.25) is 0 Å². The van der Waals surface area contributed by atoms with E-state index in [1.807, 2.05) is 0 Å². The Morgan fingerprint density at radius 2 is 1.31 bits per heavy atom. The monoisotopic (exact) mass is 402 g/mol. The summed E-state index contributed by atoms with van der Waals surface area (Å²) in [6.07, 6.45) is 1.74. The highest BCUT2D eigenvalue weighted by molar-refractivity contribution is 6.08. The van der Waals surface area contributed by atoms with Crippen LogP contribution in [0.15, 0.2) is 48.5 Å². The molecule has 0 fully saturated rings. The maximum atomic E-state index is 13.3. The molecule has 2 rings (SSSR count). The van der Waals surface area contributed by atoms with Crippen LogP contribution in [0.3, 0.4) is 0 Å². The van der Waals surface area contributed by atoms with Crippen molar-refractivity contribution in [1.82, 2.24) is 0 Å². The van der Waals surface area contributed by atoms with Crippen molar-refractivity contribution in [3.05, 3.63) is 71.3 Å². The van der Waals surface area contributed by atoms with E-state index in [4.69, 9.17) is 11.5 Å². The van der Waals surface area contributed by atoms with Crippen molar-refractivity contribution in [1.29, 1.82) is 0 Å². The van der Waals surface area contributed by atoms with Crippen LogP contribution in [-0.2, 0) is 0 Å². The van der Waals surface area contributed by atoms with Crippen molar-refractivity contribution in [2.75, 3.05) is 0 Å². The average Bonchev–Trinajstić information content (AvgIpc) is 2.64. The summed E-state index contributed by atoms with van der Waals surface area (Å²) < 4.78 is 26.5. The zero-order chi connectivity index (χ0) is 21.8. The number of hydrogen-bond acceptors (Lipinski definition) is 4. The highest BCUT2D eigenvalue weighted by Crippen LogP contribution is 2.29. The molecule has 0 saturated heterocycles. The number of rotatable bonds is 8. The number of nitrogens with two attached hydrogens (primary N) is 2. The van der Waals surface area contributed by atoms with E-state index in [1.54, 1.807) is 0 Å². The minimum Gasteiger partial charge on any atom is -0.306 e. The summed E-state index contributed by atoms with van der Waals surface area (Å²) in [5.41, 5.74) is 10.9. The SMILES string of the molecule is CC(C)(C)CCCC(C(=O)c1ccc(F)cc1)C(N)(N)C(=O)c1ccc(F)cc1. The first-order valence-electron chi connectivity index (χ1n) is 9.60. The van der Waals surface area contributed by atoms with Crippen molar-refractivity contribution in [3.8, 4) is 0 Å². The minimum atomic E-state index is -1.98. The van der Waals surface area contributed by atoms with Crippen LogP contribution in [-0.4, -0.2) is 17.2 Å². The Bertz CT molecular complexity index is 854. The van der Waals surface area contributed by atoms with Gasteiger partial charge in [-0.15, -0.1) is 0 Å². The molecule has 1 atom stereocenters. The van der Waals surface area contributed by atoms with E-state index >= 15 is 0 Å². The molecule has 6 heteroatoms. The Morgan fingerprint density at radius 3 is 1.76 bits per heavy atom. The molecule has 29 heavy (non-hydrogen) atoms. The van der Waals surface area contributed by atoms with Gasteiger partial charge in [0.05, 0.1) is 5.92 Å². The number of ketones is 2. The van der Waals surface area contributed by atoms with E-state index in [-0.39, 0.29) is 16.5 Å². The molecule has 2 aromatic rings. The minimum absolute atomic E-state index is 0.0380. The molecule has 0 heterocycles. The first kappa shape index (κ1) is 22.8. The lowest BCUT2D eigenvalue weighted by atomic mass is 9.77. The topological polar surface area (TPSA) is 86.2 Å². The lowest BCUT2D eigenvalue weighted by molar-refractivity contribution is 0.0710. The number of carbonyl (C=O) groups excluding carboxylic acids is 2. The summed E-state index contributed by atoms with van der Waals surface area (Å²) in [5.74, 6) is -3.04. The summed E-state index contributed by atoms with van der Waals surface area (Å²) in [5, 5.41) is 0. The Hall–Kier alpha value is -2.44. The van der Waals surface area contributed by atoms with Gasteiger partial charge in [0.25, 0.3) is 0 Å². The van der Waals surface area contributed by atoms with Crippen LogP contribution in [0.1, 0.15) is 60.7 Å². The quantitative estimate of drug-likeness (QED) is 0.504. The molecule has 0 radical (unpaired) electrons. The predicted molar refractivity (Wildman–Crippen MR) is 109 cm³/mol. The van der Waals surface area contributed by atoms with Crippen molar-refractivity contribution in [2.45, 2.75) is 45.7 Å². The zero-order valence-electron chi connectivity index (χ0n) is 17.0. The van der Waals surface area contributed by atoms with Crippen LogP contribution < -0.4 is 11.5 Å². The van der Waals surface area contributed by atoms with Gasteiger partial charge in [-0.05, 0) is 66.8 Å². The molecule has 156 valence electrons. The summed E-state index contributed by atoms with van der Waals surface area (Å²) in [7, 11) is 0. The molecular formula is C23H28F2N2O2. The van der Waals surface area contributed by atoms with E-state index in [1.165, 1.54) is 36.4 Å². The third-order valence-electron chi connectivity index (χ3n) is 4.94. The summed E-state index contributed by atoms with van der Waals surface area (Å²) in [4.78, 5) is 26.1. The molecule has 0 spiro atoms. The average molecular weight is 402 g/mol. The van der Waals surface area contributed by atoms with E-state index < -0.39 is 34.8 Å². The number of Topliss-reactive ketones (excluding diaryl/α,β-unsaturated/α-hetero) is 2. The molecule has 0 aromatic heterocycles. The van der Waals surface area contributed by atoms with Crippen molar-refractivity contribution in [2.24, 2.45) is 22.8 Å². The second kappa shape index (κ2) is 8.93. The second-order valence-electron chi connectivity index (χ2n) is 8.65. The van der Waals surface area contributed by atoms with Gasteiger partial charge in [0.15, 0.2) is 11.6 Å². The Kier molecular flexibility index (Phi) is 7.03. The van der Waals surface area contributed by atoms with E-state index in [0.29, 0.717) is 12.8 Å². The van der Waals surface area contributed by atoms with Crippen LogP contribution in [0.5, 0.6) is 0 Å². The fourth-order valence-corrected chi connectivity index (χ4v) is 3.25. The molecule has 4 nitrogen and oxygen atoms in total. The van der Waals surface area contributed by atoms with E-state index in [0.717, 1.165) is 18.6 Å². The fraction of sp³-hybridized carbons (Fsp3) is 0.391. The largest absolute Gasteiger partial charge is 0.306 e. The van der Waals surface area contributed by atoms with Gasteiger partial charge in [0.1, 0.15) is 17.3 Å². The van der Waals surface area contributed by atoms with Gasteiger partial charge in [0, 0.05) is 11.1 Å². The maximum absolute atomic E-state index is 13.3. The number of benzene rings is 2. The first-order valence-corrected chi connectivity index (χ1v) is 9.60. The summed E-state index contributed by atoms with van der Waals surface area (Å²) >= 11 is 0. The van der Waals surface area contributed by atoms with Crippen LogP contribution >= 0.6 is 0 Å². The smallest absolute Gasteiger partial charge is 0.197 e. The molecule has 0 aliphatic heterocycles. The normalized spacial score (nSPS) is 13.2. The van der Waals surface area contributed by atoms with Crippen molar-refractivity contribution < 1.29 is 18.4 Å². The standard InChI is InChI=1S/C23H28F2N2O2/c1-22(2,3)14-4-5-19(20(28)15-6-10-17(24)11-7-15)23(26,27)21(29)16-8-12-18(25)13-9-16/h6-13,19H,4-5,14,26-27H2,1-3H3. The van der Waals surface area contributed by atoms with Crippen LogP contribution in [0.4, 0.5) is 8.78 Å². The van der Waals surface area contributed by atoms with Gasteiger partial charge in [-0.3, -0.25) is 9.59 Å². The molecule has 0 amide bonds. The van der Waals surface area contributed by atoms with Gasteiger partial charge in [0.2, 0.25) is 0 Å². The summed E-state index contributed by atoms with van der Waals surface area (Å²) in [6, 6.07) is 9.92. The summed E-state index contributed by atoms with van der Waals surface area (Å²) in [6.45, 7) is 6.23. The molecule has 0 bridgehead atoms. The van der Waals surface area contributed by atoms with Crippen molar-refractivity contribution >= 4 is 11.6 Å². The highest BCUT2D eigenvalue weighted by atomic mass is 19.1. The van der Waals surface area contributed by atoms with E-state index in [9.17, 15) is 18.4 Å². The van der Waals surface area contributed by atoms with Gasteiger partial charge >= 0.3 is 0 Å². The van der Waals surface area contributed by atoms with Gasteiger partial charge in [-0.25, -0.2) is 8.78 Å². The van der Waals surface area contributed by atoms with E-state index in [2.05, 4.69) is 20.8 Å². The Balaban J connectivity index is 2.35. The molecular weight excluding hydrogens is 374 g/mol. The fourth-order valence-electron chi connectivity index (χ4n) is 3.25.